The van der Waals surface area contributed by atoms with Crippen LogP contribution in [-0.4, -0.2) is 11.1 Å². The predicted molar refractivity (Wildman–Crippen MR) is 76.9 cm³/mol. The molecule has 0 bridgehead atoms. The van der Waals surface area contributed by atoms with Gasteiger partial charge in [-0.25, -0.2) is 4.79 Å². The van der Waals surface area contributed by atoms with Crippen molar-refractivity contribution in [1.82, 2.24) is 0 Å². The second-order valence-electron chi connectivity index (χ2n) is 3.97. The topological polar surface area (TPSA) is 62.5 Å². The highest BCUT2D eigenvalue weighted by molar-refractivity contribution is 9.10. The number of anilines is 1. The number of halogens is 2. The number of nitrogens with one attached hydrogen (secondary N) is 1. The standard InChI is InChI=1S/C13H11BrClNO3/c1-7-8(4-12(19-7)13(17)18)6-16-11-3-2-9(15)5-10(11)14/h2-5,16H,6H2,1H3,(H,17,18). The lowest BCUT2D eigenvalue weighted by Gasteiger charge is -2.08. The normalized spacial score (nSPS) is 10.5. The molecule has 2 aromatic rings. The molecule has 1 aromatic carbocycles. The molecule has 0 aliphatic heterocycles. The van der Waals surface area contributed by atoms with Crippen molar-refractivity contribution in [2.24, 2.45) is 0 Å². The van der Waals surface area contributed by atoms with E-state index in [1.807, 2.05) is 6.07 Å². The molecule has 2 N–H and O–H groups in total. The summed E-state index contributed by atoms with van der Waals surface area (Å²) in [5, 5.41) is 12.7. The summed E-state index contributed by atoms with van der Waals surface area (Å²) in [6.45, 7) is 2.21. The minimum Gasteiger partial charge on any atom is -0.475 e. The van der Waals surface area contributed by atoms with Gasteiger partial charge in [0.15, 0.2) is 0 Å². The second-order valence-corrected chi connectivity index (χ2v) is 5.27. The Morgan fingerprint density at radius 1 is 1.47 bits per heavy atom. The van der Waals surface area contributed by atoms with Crippen LogP contribution in [0, 0.1) is 6.92 Å². The highest BCUT2D eigenvalue weighted by Gasteiger charge is 2.13. The maximum atomic E-state index is 10.8. The Bertz CT molecular complexity index is 624. The molecule has 0 amide bonds. The van der Waals surface area contributed by atoms with Crippen LogP contribution in [0.4, 0.5) is 5.69 Å². The largest absolute Gasteiger partial charge is 0.475 e. The van der Waals surface area contributed by atoms with Gasteiger partial charge in [-0.2, -0.15) is 0 Å². The van der Waals surface area contributed by atoms with Crippen LogP contribution in [0.3, 0.4) is 0 Å². The van der Waals surface area contributed by atoms with Crippen LogP contribution in [0.1, 0.15) is 21.9 Å². The molecule has 0 fully saturated rings. The van der Waals surface area contributed by atoms with Crippen molar-refractivity contribution in [3.05, 3.63) is 50.8 Å². The SMILES string of the molecule is Cc1oc(C(=O)O)cc1CNc1ccc(Cl)cc1Br. The zero-order valence-corrected chi connectivity index (χ0v) is 12.4. The third-order valence-corrected chi connectivity index (χ3v) is 3.52. The third-order valence-electron chi connectivity index (χ3n) is 2.63. The Morgan fingerprint density at radius 3 is 2.79 bits per heavy atom. The van der Waals surface area contributed by atoms with Crippen molar-refractivity contribution in [2.45, 2.75) is 13.5 Å². The molecule has 0 aliphatic carbocycles. The number of rotatable bonds is 4. The number of aryl methyl sites for hydroxylation is 1. The first-order valence-corrected chi connectivity index (χ1v) is 6.66. The van der Waals surface area contributed by atoms with E-state index in [1.54, 1.807) is 19.1 Å². The molecule has 0 aliphatic rings. The molecular weight excluding hydrogens is 334 g/mol. The monoisotopic (exact) mass is 343 g/mol. The predicted octanol–water partition coefficient (Wildman–Crippen LogP) is 4.31. The van der Waals surface area contributed by atoms with Gasteiger partial charge in [-0.05, 0) is 47.1 Å². The van der Waals surface area contributed by atoms with Gasteiger partial charge in [0.05, 0.1) is 0 Å². The molecule has 1 aromatic heterocycles. The minimum atomic E-state index is -1.07. The van der Waals surface area contributed by atoms with Crippen LogP contribution in [0.5, 0.6) is 0 Å². The second kappa shape index (κ2) is 5.67. The summed E-state index contributed by atoms with van der Waals surface area (Å²) in [6.07, 6.45) is 0. The Labute approximate surface area is 123 Å². The van der Waals surface area contributed by atoms with E-state index in [1.165, 1.54) is 6.07 Å². The Hall–Kier alpha value is -1.46. The highest BCUT2D eigenvalue weighted by Crippen LogP contribution is 2.26. The molecular formula is C13H11BrClNO3. The van der Waals surface area contributed by atoms with Crippen molar-refractivity contribution in [1.29, 1.82) is 0 Å². The summed E-state index contributed by atoms with van der Waals surface area (Å²) >= 11 is 9.26. The van der Waals surface area contributed by atoms with Crippen LogP contribution in [0.25, 0.3) is 0 Å². The number of hydrogen-bond donors (Lipinski definition) is 2. The molecule has 1 heterocycles. The van der Waals surface area contributed by atoms with E-state index < -0.39 is 5.97 Å². The number of aromatic carboxylic acids is 1. The minimum absolute atomic E-state index is 0.0514. The van der Waals surface area contributed by atoms with Gasteiger partial charge in [0, 0.05) is 27.3 Å². The van der Waals surface area contributed by atoms with Crippen LogP contribution in [0.15, 0.2) is 33.2 Å². The lowest BCUT2D eigenvalue weighted by molar-refractivity contribution is 0.0661. The molecule has 4 nitrogen and oxygen atoms in total. The van der Waals surface area contributed by atoms with Crippen LogP contribution < -0.4 is 5.32 Å². The van der Waals surface area contributed by atoms with Crippen molar-refractivity contribution in [2.75, 3.05) is 5.32 Å². The average molecular weight is 345 g/mol. The summed E-state index contributed by atoms with van der Waals surface area (Å²) in [6, 6.07) is 6.93. The van der Waals surface area contributed by atoms with Gasteiger partial charge in [-0.15, -0.1) is 0 Å². The number of carboxylic acid groups (broad SMARTS) is 1. The Balaban J connectivity index is 2.12. The number of benzene rings is 1. The molecule has 0 radical (unpaired) electrons. The van der Waals surface area contributed by atoms with Gasteiger partial charge < -0.3 is 14.8 Å². The van der Waals surface area contributed by atoms with E-state index in [0.29, 0.717) is 17.3 Å². The maximum absolute atomic E-state index is 10.8. The summed E-state index contributed by atoms with van der Waals surface area (Å²) in [4.78, 5) is 10.8. The zero-order valence-electron chi connectivity index (χ0n) is 10.0. The highest BCUT2D eigenvalue weighted by atomic mass is 79.9. The van der Waals surface area contributed by atoms with Crippen molar-refractivity contribution in [3.8, 4) is 0 Å². The van der Waals surface area contributed by atoms with E-state index in [9.17, 15) is 4.79 Å². The smallest absolute Gasteiger partial charge is 0.371 e. The molecule has 19 heavy (non-hydrogen) atoms. The lowest BCUT2D eigenvalue weighted by atomic mass is 10.2. The molecule has 0 saturated carbocycles. The molecule has 0 unspecified atom stereocenters. The number of carbonyl (C=O) groups is 1. The van der Waals surface area contributed by atoms with Crippen molar-refractivity contribution in [3.63, 3.8) is 0 Å². The summed E-state index contributed by atoms with van der Waals surface area (Å²) in [7, 11) is 0. The van der Waals surface area contributed by atoms with Crippen LogP contribution in [-0.2, 0) is 6.54 Å². The van der Waals surface area contributed by atoms with Gasteiger partial charge in [-0.3, -0.25) is 0 Å². The molecule has 100 valence electrons. The first kappa shape index (κ1) is 14.0. The number of hydrogen-bond acceptors (Lipinski definition) is 3. The van der Waals surface area contributed by atoms with Gasteiger partial charge in [0.2, 0.25) is 5.76 Å². The van der Waals surface area contributed by atoms with Gasteiger partial charge in [-0.1, -0.05) is 11.6 Å². The van der Waals surface area contributed by atoms with Crippen molar-refractivity contribution < 1.29 is 14.3 Å². The van der Waals surface area contributed by atoms with E-state index in [0.717, 1.165) is 15.7 Å². The van der Waals surface area contributed by atoms with E-state index in [2.05, 4.69) is 21.2 Å². The maximum Gasteiger partial charge on any atom is 0.371 e. The first-order valence-electron chi connectivity index (χ1n) is 5.49. The van der Waals surface area contributed by atoms with Crippen LogP contribution in [0.2, 0.25) is 5.02 Å². The third kappa shape index (κ3) is 3.30. The van der Waals surface area contributed by atoms with E-state index in [-0.39, 0.29) is 5.76 Å². The summed E-state index contributed by atoms with van der Waals surface area (Å²) in [5.41, 5.74) is 1.68. The average Bonchev–Trinajstić information content (AvgIpc) is 2.70. The zero-order chi connectivity index (χ0) is 14.0. The number of furan rings is 1. The molecule has 6 heteroatoms. The quantitative estimate of drug-likeness (QED) is 0.867. The van der Waals surface area contributed by atoms with E-state index >= 15 is 0 Å². The summed E-state index contributed by atoms with van der Waals surface area (Å²) in [5.74, 6) is -0.526. The first-order chi connectivity index (χ1) is 8.97. The van der Waals surface area contributed by atoms with Gasteiger partial charge in [0.25, 0.3) is 0 Å². The summed E-state index contributed by atoms with van der Waals surface area (Å²) < 4.78 is 5.99. The van der Waals surface area contributed by atoms with Gasteiger partial charge in [0.1, 0.15) is 5.76 Å². The van der Waals surface area contributed by atoms with Crippen molar-refractivity contribution >= 4 is 39.2 Å². The molecule has 2 rings (SSSR count). The Kier molecular flexibility index (Phi) is 4.17. The fourth-order valence-electron chi connectivity index (χ4n) is 1.62. The fraction of sp³-hybridized carbons (Fsp3) is 0.154. The Morgan fingerprint density at radius 2 is 2.21 bits per heavy atom. The molecule has 0 atom stereocenters. The van der Waals surface area contributed by atoms with Gasteiger partial charge >= 0.3 is 5.97 Å². The van der Waals surface area contributed by atoms with E-state index in [4.69, 9.17) is 21.1 Å². The number of carboxylic acids is 1. The molecule has 0 saturated heterocycles. The lowest BCUT2D eigenvalue weighted by Crippen LogP contribution is -2.00. The van der Waals surface area contributed by atoms with Crippen LogP contribution >= 0.6 is 27.5 Å². The molecule has 0 spiro atoms. The fourth-order valence-corrected chi connectivity index (χ4v) is 2.45.